The van der Waals surface area contributed by atoms with E-state index < -0.39 is 11.9 Å². The molecule has 0 radical (unpaired) electrons. The Morgan fingerprint density at radius 3 is 2.45 bits per heavy atom. The molecule has 0 bridgehead atoms. The molecule has 1 N–H and O–H groups in total. The van der Waals surface area contributed by atoms with Crippen LogP contribution in [0.4, 0.5) is 10.1 Å². The molecule has 1 aliphatic heterocycles. The number of amides is 2. The number of anilines is 1. The molecular weight excluding hydrogens is 309 g/mol. The Bertz CT molecular complexity index is 574. The van der Waals surface area contributed by atoms with E-state index in [4.69, 9.17) is 11.6 Å². The Kier molecular flexibility index (Phi) is 5.37. The first-order valence-electron chi connectivity index (χ1n) is 7.14. The summed E-state index contributed by atoms with van der Waals surface area (Å²) in [5.41, 5.74) is 0.114. The zero-order valence-electron chi connectivity index (χ0n) is 12.6. The quantitative estimate of drug-likeness (QED) is 0.923. The van der Waals surface area contributed by atoms with Crippen LogP contribution in [0.1, 0.15) is 13.8 Å². The lowest BCUT2D eigenvalue weighted by molar-refractivity contribution is -0.131. The van der Waals surface area contributed by atoms with Gasteiger partial charge in [0, 0.05) is 38.1 Å². The third-order valence-corrected chi connectivity index (χ3v) is 4.11. The maximum Gasteiger partial charge on any atom is 0.241 e. The second-order valence-corrected chi connectivity index (χ2v) is 5.77. The van der Waals surface area contributed by atoms with Gasteiger partial charge in [0.1, 0.15) is 5.82 Å². The van der Waals surface area contributed by atoms with Crippen LogP contribution in [0.5, 0.6) is 0 Å². The number of piperazine rings is 1. The van der Waals surface area contributed by atoms with Crippen LogP contribution in [0.3, 0.4) is 0 Å². The van der Waals surface area contributed by atoms with Crippen LogP contribution in [0.2, 0.25) is 5.02 Å². The van der Waals surface area contributed by atoms with Gasteiger partial charge in [0.2, 0.25) is 11.8 Å². The van der Waals surface area contributed by atoms with Crippen LogP contribution < -0.4 is 5.32 Å². The molecule has 0 spiro atoms. The van der Waals surface area contributed by atoms with Crippen molar-refractivity contribution in [1.29, 1.82) is 0 Å². The molecule has 22 heavy (non-hydrogen) atoms. The molecule has 1 aromatic rings. The third kappa shape index (κ3) is 3.96. The van der Waals surface area contributed by atoms with E-state index in [1.807, 2.05) is 4.90 Å². The molecule has 1 atom stereocenters. The molecular formula is C15H19ClFN3O2. The first-order chi connectivity index (χ1) is 10.4. The van der Waals surface area contributed by atoms with Crippen LogP contribution >= 0.6 is 11.6 Å². The number of benzene rings is 1. The normalized spacial score (nSPS) is 17.2. The lowest BCUT2D eigenvalue weighted by Gasteiger charge is -2.37. The Labute approximate surface area is 134 Å². The van der Waals surface area contributed by atoms with Crippen molar-refractivity contribution >= 4 is 29.1 Å². The topological polar surface area (TPSA) is 52.7 Å². The second kappa shape index (κ2) is 7.07. The van der Waals surface area contributed by atoms with E-state index in [-0.39, 0.29) is 22.5 Å². The van der Waals surface area contributed by atoms with Crippen molar-refractivity contribution in [2.24, 2.45) is 0 Å². The summed E-state index contributed by atoms with van der Waals surface area (Å²) in [7, 11) is 0. The van der Waals surface area contributed by atoms with Gasteiger partial charge >= 0.3 is 0 Å². The fourth-order valence-corrected chi connectivity index (χ4v) is 2.58. The molecule has 1 fully saturated rings. The fourth-order valence-electron chi connectivity index (χ4n) is 2.42. The highest BCUT2D eigenvalue weighted by molar-refractivity contribution is 6.30. The van der Waals surface area contributed by atoms with Gasteiger partial charge in [0.05, 0.1) is 11.7 Å². The summed E-state index contributed by atoms with van der Waals surface area (Å²) in [5, 5.41) is 2.86. The van der Waals surface area contributed by atoms with Crippen LogP contribution in [-0.2, 0) is 9.59 Å². The minimum atomic E-state index is -0.561. The number of nitrogens with zero attached hydrogens (tertiary/aromatic N) is 2. The lowest BCUT2D eigenvalue weighted by atomic mass is 10.2. The van der Waals surface area contributed by atoms with Gasteiger partial charge in [-0.05, 0) is 25.1 Å². The highest BCUT2D eigenvalue weighted by Gasteiger charge is 2.26. The molecule has 0 aliphatic carbocycles. The summed E-state index contributed by atoms with van der Waals surface area (Å²) in [6.45, 7) is 5.75. The van der Waals surface area contributed by atoms with Gasteiger partial charge in [-0.15, -0.1) is 0 Å². The highest BCUT2D eigenvalue weighted by atomic mass is 35.5. The van der Waals surface area contributed by atoms with E-state index in [1.165, 1.54) is 19.1 Å². The molecule has 1 heterocycles. The lowest BCUT2D eigenvalue weighted by Crippen LogP contribution is -2.53. The van der Waals surface area contributed by atoms with Crippen LogP contribution in [-0.4, -0.2) is 53.8 Å². The van der Waals surface area contributed by atoms with Crippen molar-refractivity contribution < 1.29 is 14.0 Å². The largest absolute Gasteiger partial charge is 0.340 e. The maximum absolute atomic E-state index is 13.7. The molecule has 0 unspecified atom stereocenters. The molecule has 0 aromatic heterocycles. The molecule has 1 saturated heterocycles. The van der Waals surface area contributed by atoms with E-state index >= 15 is 0 Å². The molecule has 5 nitrogen and oxygen atoms in total. The third-order valence-electron chi connectivity index (χ3n) is 3.88. The smallest absolute Gasteiger partial charge is 0.241 e. The van der Waals surface area contributed by atoms with Crippen molar-refractivity contribution in [3.05, 3.63) is 29.0 Å². The number of hydrogen-bond acceptors (Lipinski definition) is 3. The van der Waals surface area contributed by atoms with E-state index in [0.29, 0.717) is 26.2 Å². The Balaban J connectivity index is 1.94. The summed E-state index contributed by atoms with van der Waals surface area (Å²) < 4.78 is 13.7. The molecule has 120 valence electrons. The Morgan fingerprint density at radius 1 is 1.27 bits per heavy atom. The molecule has 1 aromatic carbocycles. The van der Waals surface area contributed by atoms with Crippen LogP contribution in [0, 0.1) is 5.82 Å². The minimum Gasteiger partial charge on any atom is -0.340 e. The monoisotopic (exact) mass is 327 g/mol. The van der Waals surface area contributed by atoms with E-state index in [9.17, 15) is 14.0 Å². The summed E-state index contributed by atoms with van der Waals surface area (Å²) in [4.78, 5) is 27.2. The summed E-state index contributed by atoms with van der Waals surface area (Å²) in [6.07, 6.45) is 0. The number of carbonyl (C=O) groups is 2. The van der Waals surface area contributed by atoms with E-state index in [0.717, 1.165) is 6.07 Å². The van der Waals surface area contributed by atoms with Gasteiger partial charge in [0.25, 0.3) is 0 Å². The zero-order valence-corrected chi connectivity index (χ0v) is 13.4. The molecule has 0 saturated carbocycles. The van der Waals surface area contributed by atoms with Gasteiger partial charge in [-0.25, -0.2) is 4.39 Å². The first-order valence-corrected chi connectivity index (χ1v) is 7.51. The first kappa shape index (κ1) is 16.7. The Morgan fingerprint density at radius 2 is 1.91 bits per heavy atom. The van der Waals surface area contributed by atoms with Gasteiger partial charge in [-0.2, -0.15) is 0 Å². The van der Waals surface area contributed by atoms with Crippen LogP contribution in [0.15, 0.2) is 18.2 Å². The van der Waals surface area contributed by atoms with Crippen molar-refractivity contribution in [3.8, 4) is 0 Å². The number of halogens is 2. The van der Waals surface area contributed by atoms with Gasteiger partial charge in [-0.1, -0.05) is 11.6 Å². The minimum absolute atomic E-state index is 0.0417. The number of nitrogens with one attached hydrogen (secondary N) is 1. The average molecular weight is 328 g/mol. The predicted octanol–water partition coefficient (Wildman–Crippen LogP) is 1.97. The molecule has 2 amide bonds. The highest BCUT2D eigenvalue weighted by Crippen LogP contribution is 2.19. The number of hydrogen-bond donors (Lipinski definition) is 1. The fraction of sp³-hybridized carbons (Fsp3) is 0.467. The van der Waals surface area contributed by atoms with Crippen molar-refractivity contribution in [2.45, 2.75) is 19.9 Å². The van der Waals surface area contributed by atoms with Crippen molar-refractivity contribution in [2.75, 3.05) is 31.5 Å². The maximum atomic E-state index is 13.7. The average Bonchev–Trinajstić information content (AvgIpc) is 2.49. The van der Waals surface area contributed by atoms with Gasteiger partial charge < -0.3 is 10.2 Å². The van der Waals surface area contributed by atoms with Crippen LogP contribution in [0.25, 0.3) is 0 Å². The van der Waals surface area contributed by atoms with Gasteiger partial charge in [0.15, 0.2) is 0 Å². The van der Waals surface area contributed by atoms with Crippen molar-refractivity contribution in [1.82, 2.24) is 9.80 Å². The molecule has 1 aliphatic rings. The molecule has 2 rings (SSSR count). The number of rotatable bonds is 3. The summed E-state index contributed by atoms with van der Waals surface area (Å²) in [5.74, 6) is -0.799. The second-order valence-electron chi connectivity index (χ2n) is 5.33. The predicted molar refractivity (Wildman–Crippen MR) is 83.3 cm³/mol. The van der Waals surface area contributed by atoms with Gasteiger partial charge in [-0.3, -0.25) is 14.5 Å². The number of carbonyl (C=O) groups excluding carboxylic acids is 2. The summed E-state index contributed by atoms with van der Waals surface area (Å²) in [6, 6.07) is 3.73. The standard InChI is InChI=1S/C15H19ClFN3O2/c1-10(19-5-7-20(8-6-19)11(2)21)15(22)18-14-4-3-12(16)9-13(14)17/h3-4,9-10H,5-8H2,1-2H3,(H,18,22)/t10-/m0/s1. The Hall–Kier alpha value is -1.66. The van der Waals surface area contributed by atoms with E-state index in [1.54, 1.807) is 11.8 Å². The van der Waals surface area contributed by atoms with Crippen molar-refractivity contribution in [3.63, 3.8) is 0 Å². The SMILES string of the molecule is CC(=O)N1CCN([C@@H](C)C(=O)Nc2ccc(Cl)cc2F)CC1. The van der Waals surface area contributed by atoms with E-state index in [2.05, 4.69) is 5.32 Å². The summed E-state index contributed by atoms with van der Waals surface area (Å²) >= 11 is 5.68. The zero-order chi connectivity index (χ0) is 16.3. The molecule has 7 heteroatoms.